The van der Waals surface area contributed by atoms with Crippen molar-refractivity contribution in [2.75, 3.05) is 12.4 Å². The summed E-state index contributed by atoms with van der Waals surface area (Å²) in [4.78, 5) is 12.1. The number of ether oxygens (including phenoxy) is 1. The molecule has 13 heavy (non-hydrogen) atoms. The quantitative estimate of drug-likeness (QED) is 0.756. The summed E-state index contributed by atoms with van der Waals surface area (Å²) in [6, 6.07) is 0.367. The van der Waals surface area contributed by atoms with Gasteiger partial charge in [-0.3, -0.25) is 0 Å². The van der Waals surface area contributed by atoms with E-state index in [0.717, 1.165) is 0 Å². The second-order valence-corrected chi connectivity index (χ2v) is 2.91. The van der Waals surface area contributed by atoms with Crippen molar-refractivity contribution in [2.45, 2.75) is 26.9 Å². The van der Waals surface area contributed by atoms with Crippen molar-refractivity contribution < 1.29 is 4.74 Å². The Morgan fingerprint density at radius 2 is 1.92 bits per heavy atom. The molecule has 1 N–H and O–H groups in total. The SMILES string of the molecule is CNc1nc(C)nc(OC(C)C)n1. The maximum atomic E-state index is 5.34. The Balaban J connectivity index is 2.88. The van der Waals surface area contributed by atoms with E-state index >= 15 is 0 Å². The lowest BCUT2D eigenvalue weighted by Gasteiger charge is -2.08. The zero-order valence-electron chi connectivity index (χ0n) is 8.33. The molecule has 0 amide bonds. The Labute approximate surface area is 77.6 Å². The van der Waals surface area contributed by atoms with Gasteiger partial charge in [-0.15, -0.1) is 0 Å². The second kappa shape index (κ2) is 4.02. The third kappa shape index (κ3) is 2.85. The van der Waals surface area contributed by atoms with E-state index in [9.17, 15) is 0 Å². The normalized spacial score (nSPS) is 10.2. The summed E-state index contributed by atoms with van der Waals surface area (Å²) < 4.78 is 5.34. The molecule has 0 unspecified atom stereocenters. The standard InChI is InChI=1S/C8H14N4O/c1-5(2)13-8-11-6(3)10-7(9-4)12-8/h5H,1-4H3,(H,9,10,11,12). The van der Waals surface area contributed by atoms with E-state index in [1.54, 1.807) is 14.0 Å². The Morgan fingerprint density at radius 1 is 1.23 bits per heavy atom. The molecule has 0 aliphatic heterocycles. The van der Waals surface area contributed by atoms with Crippen molar-refractivity contribution in [3.05, 3.63) is 5.82 Å². The van der Waals surface area contributed by atoms with Crippen LogP contribution in [0.1, 0.15) is 19.7 Å². The zero-order valence-corrected chi connectivity index (χ0v) is 8.33. The van der Waals surface area contributed by atoms with Crippen LogP contribution in [0, 0.1) is 6.92 Å². The van der Waals surface area contributed by atoms with Crippen LogP contribution in [0.15, 0.2) is 0 Å². The number of hydrogen-bond donors (Lipinski definition) is 1. The van der Waals surface area contributed by atoms with Crippen LogP contribution in [0.5, 0.6) is 6.01 Å². The van der Waals surface area contributed by atoms with Gasteiger partial charge >= 0.3 is 6.01 Å². The van der Waals surface area contributed by atoms with Crippen LogP contribution in [0.25, 0.3) is 0 Å². The summed E-state index contributed by atoms with van der Waals surface area (Å²) in [5.41, 5.74) is 0. The number of nitrogens with one attached hydrogen (secondary N) is 1. The molecule has 0 aliphatic carbocycles. The average molecular weight is 182 g/mol. The second-order valence-electron chi connectivity index (χ2n) is 2.91. The third-order valence-corrected chi connectivity index (χ3v) is 1.29. The smallest absolute Gasteiger partial charge is 0.321 e. The molecule has 0 fully saturated rings. The topological polar surface area (TPSA) is 59.9 Å². The Kier molecular flexibility index (Phi) is 3.00. The number of nitrogens with zero attached hydrogens (tertiary/aromatic N) is 3. The molecule has 1 aromatic rings. The summed E-state index contributed by atoms with van der Waals surface area (Å²) in [6.07, 6.45) is 0.0755. The van der Waals surface area contributed by atoms with Crippen LogP contribution >= 0.6 is 0 Å². The number of hydrogen-bond acceptors (Lipinski definition) is 5. The van der Waals surface area contributed by atoms with Gasteiger partial charge in [0.15, 0.2) is 0 Å². The molecule has 0 saturated heterocycles. The molecule has 0 aliphatic rings. The molecular formula is C8H14N4O. The molecule has 0 atom stereocenters. The van der Waals surface area contributed by atoms with Crippen molar-refractivity contribution >= 4 is 5.95 Å². The largest absolute Gasteiger partial charge is 0.461 e. The molecule has 0 radical (unpaired) electrons. The van der Waals surface area contributed by atoms with E-state index < -0.39 is 0 Å². The first kappa shape index (κ1) is 9.70. The summed E-state index contributed by atoms with van der Waals surface area (Å²) in [6.45, 7) is 5.66. The number of rotatable bonds is 3. The molecule has 5 nitrogen and oxygen atoms in total. The van der Waals surface area contributed by atoms with E-state index in [2.05, 4.69) is 20.3 Å². The summed E-state index contributed by atoms with van der Waals surface area (Å²) in [7, 11) is 1.76. The molecule has 72 valence electrons. The highest BCUT2D eigenvalue weighted by atomic mass is 16.5. The van der Waals surface area contributed by atoms with Gasteiger partial charge in [0.1, 0.15) is 5.82 Å². The molecule has 1 heterocycles. The van der Waals surface area contributed by atoms with Gasteiger partial charge in [-0.25, -0.2) is 0 Å². The fraction of sp³-hybridized carbons (Fsp3) is 0.625. The van der Waals surface area contributed by atoms with Crippen LogP contribution < -0.4 is 10.1 Å². The summed E-state index contributed by atoms with van der Waals surface area (Å²) in [5, 5.41) is 2.84. The lowest BCUT2D eigenvalue weighted by Crippen LogP contribution is -2.11. The fourth-order valence-electron chi connectivity index (χ4n) is 0.833. The van der Waals surface area contributed by atoms with Gasteiger partial charge in [0.2, 0.25) is 5.95 Å². The predicted octanol–water partition coefficient (Wildman–Crippen LogP) is 1.01. The monoisotopic (exact) mass is 182 g/mol. The van der Waals surface area contributed by atoms with Crippen molar-refractivity contribution in [1.82, 2.24) is 15.0 Å². The number of aryl methyl sites for hydroxylation is 1. The van der Waals surface area contributed by atoms with Gasteiger partial charge in [0.25, 0.3) is 0 Å². The van der Waals surface area contributed by atoms with Gasteiger partial charge in [-0.2, -0.15) is 15.0 Å². The minimum absolute atomic E-state index is 0.0755. The molecule has 5 heteroatoms. The van der Waals surface area contributed by atoms with Gasteiger partial charge < -0.3 is 10.1 Å². The molecule has 1 rings (SSSR count). The molecule has 0 aromatic carbocycles. The van der Waals surface area contributed by atoms with E-state index in [-0.39, 0.29) is 6.10 Å². The first-order chi connectivity index (χ1) is 6.11. The average Bonchev–Trinajstić information content (AvgIpc) is 2.01. The van der Waals surface area contributed by atoms with Gasteiger partial charge in [-0.05, 0) is 20.8 Å². The highest BCUT2D eigenvalue weighted by molar-refractivity contribution is 5.24. The molecular weight excluding hydrogens is 168 g/mol. The minimum atomic E-state index is 0.0755. The van der Waals surface area contributed by atoms with Crippen LogP contribution in [-0.2, 0) is 0 Å². The zero-order chi connectivity index (χ0) is 9.84. The Bertz CT molecular complexity index is 287. The molecule has 0 bridgehead atoms. The van der Waals surface area contributed by atoms with Crippen LogP contribution in [-0.4, -0.2) is 28.1 Å². The van der Waals surface area contributed by atoms with Crippen molar-refractivity contribution in [3.63, 3.8) is 0 Å². The lowest BCUT2D eigenvalue weighted by molar-refractivity contribution is 0.221. The maximum Gasteiger partial charge on any atom is 0.321 e. The predicted molar refractivity (Wildman–Crippen MR) is 49.9 cm³/mol. The summed E-state index contributed by atoms with van der Waals surface area (Å²) >= 11 is 0. The highest BCUT2D eigenvalue weighted by Crippen LogP contribution is 2.07. The highest BCUT2D eigenvalue weighted by Gasteiger charge is 2.04. The van der Waals surface area contributed by atoms with Gasteiger partial charge in [0.05, 0.1) is 6.10 Å². The van der Waals surface area contributed by atoms with E-state index in [4.69, 9.17) is 4.74 Å². The third-order valence-electron chi connectivity index (χ3n) is 1.29. The van der Waals surface area contributed by atoms with Crippen molar-refractivity contribution in [3.8, 4) is 6.01 Å². The first-order valence-corrected chi connectivity index (χ1v) is 4.19. The van der Waals surface area contributed by atoms with Crippen LogP contribution in [0.2, 0.25) is 0 Å². The van der Waals surface area contributed by atoms with Gasteiger partial charge in [-0.1, -0.05) is 0 Å². The van der Waals surface area contributed by atoms with E-state index in [0.29, 0.717) is 17.8 Å². The molecule has 1 aromatic heterocycles. The van der Waals surface area contributed by atoms with Crippen molar-refractivity contribution in [2.24, 2.45) is 0 Å². The molecule has 0 spiro atoms. The van der Waals surface area contributed by atoms with E-state index in [1.165, 1.54) is 0 Å². The minimum Gasteiger partial charge on any atom is -0.461 e. The Morgan fingerprint density at radius 3 is 2.46 bits per heavy atom. The maximum absolute atomic E-state index is 5.34. The number of aromatic nitrogens is 3. The van der Waals surface area contributed by atoms with Crippen molar-refractivity contribution in [1.29, 1.82) is 0 Å². The lowest BCUT2D eigenvalue weighted by atomic mass is 10.5. The fourth-order valence-corrected chi connectivity index (χ4v) is 0.833. The van der Waals surface area contributed by atoms with Crippen LogP contribution in [0.3, 0.4) is 0 Å². The van der Waals surface area contributed by atoms with E-state index in [1.807, 2.05) is 13.8 Å². The first-order valence-electron chi connectivity index (χ1n) is 4.19. The molecule has 0 saturated carbocycles. The van der Waals surface area contributed by atoms with Crippen LogP contribution in [0.4, 0.5) is 5.95 Å². The summed E-state index contributed by atoms with van der Waals surface area (Å²) in [5.74, 6) is 1.18. The Hall–Kier alpha value is -1.39. The number of anilines is 1. The van der Waals surface area contributed by atoms with Gasteiger partial charge in [0, 0.05) is 7.05 Å².